The lowest BCUT2D eigenvalue weighted by molar-refractivity contribution is 0.0995. The maximum absolute atomic E-state index is 6.16. The summed E-state index contributed by atoms with van der Waals surface area (Å²) in [5.74, 6) is 1.44. The fraction of sp³-hybridized carbons (Fsp3) is 0.647. The Morgan fingerprint density at radius 1 is 1.32 bits per heavy atom. The van der Waals surface area contributed by atoms with E-state index in [-0.39, 0.29) is 0 Å². The standard InChI is InChI=1S/C17H26ClNO3/c1-19(8-4-6-15-7-5-9-22-15)12-13-10-14(18)11-16(20-2)17(13)21-3/h10-11,15H,4-9,12H2,1-3H3. The quantitative estimate of drug-likeness (QED) is 0.727. The summed E-state index contributed by atoms with van der Waals surface area (Å²) in [6.07, 6.45) is 5.17. The van der Waals surface area contributed by atoms with Gasteiger partial charge < -0.3 is 19.1 Å². The number of halogens is 1. The number of rotatable bonds is 8. The van der Waals surface area contributed by atoms with Crippen LogP contribution in [0, 0.1) is 0 Å². The van der Waals surface area contributed by atoms with Gasteiger partial charge in [0.2, 0.25) is 0 Å². The summed E-state index contributed by atoms with van der Waals surface area (Å²) in [5.41, 5.74) is 1.05. The van der Waals surface area contributed by atoms with Gasteiger partial charge in [-0.25, -0.2) is 0 Å². The summed E-state index contributed by atoms with van der Waals surface area (Å²) in [5, 5.41) is 0.667. The summed E-state index contributed by atoms with van der Waals surface area (Å²) in [7, 11) is 5.40. The van der Waals surface area contributed by atoms with Gasteiger partial charge in [0, 0.05) is 29.8 Å². The van der Waals surface area contributed by atoms with Gasteiger partial charge in [0.15, 0.2) is 11.5 Å². The number of methoxy groups -OCH3 is 2. The van der Waals surface area contributed by atoms with Crippen LogP contribution >= 0.6 is 11.6 Å². The van der Waals surface area contributed by atoms with Crippen LogP contribution in [0.1, 0.15) is 31.2 Å². The van der Waals surface area contributed by atoms with E-state index in [1.165, 1.54) is 12.8 Å². The second-order valence-corrected chi connectivity index (χ2v) is 6.25. The molecule has 1 atom stereocenters. The molecule has 0 spiro atoms. The zero-order chi connectivity index (χ0) is 15.9. The first kappa shape index (κ1) is 17.4. The molecule has 1 aromatic rings. The van der Waals surface area contributed by atoms with Crippen LogP contribution in [0.5, 0.6) is 11.5 Å². The maximum atomic E-state index is 6.16. The number of ether oxygens (including phenoxy) is 3. The molecule has 124 valence electrons. The lowest BCUT2D eigenvalue weighted by atomic mass is 10.1. The summed E-state index contributed by atoms with van der Waals surface area (Å²) < 4.78 is 16.5. The van der Waals surface area contributed by atoms with Crippen LogP contribution in [0.3, 0.4) is 0 Å². The molecule has 1 aliphatic rings. The van der Waals surface area contributed by atoms with Crippen LogP contribution < -0.4 is 9.47 Å². The van der Waals surface area contributed by atoms with Gasteiger partial charge in [0.1, 0.15) is 0 Å². The fourth-order valence-corrected chi connectivity index (χ4v) is 3.18. The van der Waals surface area contributed by atoms with Gasteiger partial charge in [-0.2, -0.15) is 0 Å². The van der Waals surface area contributed by atoms with Crippen LogP contribution in [0.2, 0.25) is 5.02 Å². The molecule has 0 radical (unpaired) electrons. The second kappa shape index (κ2) is 8.61. The Labute approximate surface area is 138 Å². The summed E-state index contributed by atoms with van der Waals surface area (Å²) in [6.45, 7) is 2.74. The molecule has 2 rings (SSSR count). The third-order valence-corrected chi connectivity index (χ3v) is 4.27. The van der Waals surface area contributed by atoms with Crippen molar-refractivity contribution in [1.82, 2.24) is 4.90 Å². The van der Waals surface area contributed by atoms with Crippen molar-refractivity contribution in [3.05, 3.63) is 22.7 Å². The van der Waals surface area contributed by atoms with E-state index < -0.39 is 0 Å². The van der Waals surface area contributed by atoms with Gasteiger partial charge in [-0.15, -0.1) is 0 Å². The van der Waals surface area contributed by atoms with Crippen molar-refractivity contribution in [2.75, 3.05) is 34.4 Å². The van der Waals surface area contributed by atoms with Gasteiger partial charge in [0.05, 0.1) is 20.3 Å². The SMILES string of the molecule is COc1cc(Cl)cc(CN(C)CCCC2CCCO2)c1OC. The molecule has 4 nitrogen and oxygen atoms in total. The average Bonchev–Trinajstić information content (AvgIpc) is 2.99. The van der Waals surface area contributed by atoms with Gasteiger partial charge >= 0.3 is 0 Å². The summed E-state index contributed by atoms with van der Waals surface area (Å²) in [4.78, 5) is 2.28. The van der Waals surface area contributed by atoms with Crippen molar-refractivity contribution < 1.29 is 14.2 Å². The monoisotopic (exact) mass is 327 g/mol. The normalized spacial score (nSPS) is 18.0. The largest absolute Gasteiger partial charge is 0.493 e. The third kappa shape index (κ3) is 4.77. The van der Waals surface area contributed by atoms with E-state index in [1.54, 1.807) is 20.3 Å². The topological polar surface area (TPSA) is 30.9 Å². The summed E-state index contributed by atoms with van der Waals surface area (Å²) in [6, 6.07) is 3.72. The Balaban J connectivity index is 1.89. The molecule has 22 heavy (non-hydrogen) atoms. The van der Waals surface area contributed by atoms with E-state index in [0.717, 1.165) is 43.9 Å². The molecule has 5 heteroatoms. The van der Waals surface area contributed by atoms with Crippen LogP contribution in [0.4, 0.5) is 0 Å². The first-order valence-corrected chi connectivity index (χ1v) is 8.22. The minimum Gasteiger partial charge on any atom is -0.493 e. The van der Waals surface area contributed by atoms with Crippen LogP contribution in [-0.2, 0) is 11.3 Å². The molecule has 1 aliphatic heterocycles. The van der Waals surface area contributed by atoms with Gasteiger partial charge in [-0.05, 0) is 45.3 Å². The van der Waals surface area contributed by atoms with E-state index in [1.807, 2.05) is 6.07 Å². The Morgan fingerprint density at radius 3 is 2.77 bits per heavy atom. The van der Waals surface area contributed by atoms with Gasteiger partial charge in [-0.1, -0.05) is 11.6 Å². The van der Waals surface area contributed by atoms with E-state index in [9.17, 15) is 0 Å². The first-order valence-electron chi connectivity index (χ1n) is 7.84. The van der Waals surface area contributed by atoms with Crippen molar-refractivity contribution in [2.45, 2.75) is 38.3 Å². The highest BCUT2D eigenvalue weighted by molar-refractivity contribution is 6.30. The van der Waals surface area contributed by atoms with Crippen LogP contribution in [0.15, 0.2) is 12.1 Å². The minimum absolute atomic E-state index is 0.467. The van der Waals surface area contributed by atoms with Gasteiger partial charge in [-0.3, -0.25) is 0 Å². The molecule has 1 fully saturated rings. The Kier molecular flexibility index (Phi) is 6.80. The highest BCUT2D eigenvalue weighted by Gasteiger charge is 2.16. The van der Waals surface area contributed by atoms with Crippen molar-refractivity contribution in [2.24, 2.45) is 0 Å². The number of benzene rings is 1. The average molecular weight is 328 g/mol. The Morgan fingerprint density at radius 2 is 2.14 bits per heavy atom. The number of hydrogen-bond acceptors (Lipinski definition) is 4. The molecule has 1 aromatic carbocycles. The van der Waals surface area contributed by atoms with Crippen molar-refractivity contribution >= 4 is 11.6 Å². The second-order valence-electron chi connectivity index (χ2n) is 5.82. The van der Waals surface area contributed by atoms with Crippen LogP contribution in [0.25, 0.3) is 0 Å². The zero-order valence-corrected chi connectivity index (χ0v) is 14.5. The smallest absolute Gasteiger partial charge is 0.165 e. The molecule has 0 saturated carbocycles. The molecule has 0 N–H and O–H groups in total. The molecule has 0 bridgehead atoms. The van der Waals surface area contributed by atoms with E-state index in [2.05, 4.69) is 11.9 Å². The lowest BCUT2D eigenvalue weighted by Gasteiger charge is -2.20. The van der Waals surface area contributed by atoms with Gasteiger partial charge in [0.25, 0.3) is 0 Å². The molecule has 0 aromatic heterocycles. The molecule has 0 aliphatic carbocycles. The predicted octanol–water partition coefficient (Wildman–Crippen LogP) is 3.75. The molecule has 1 unspecified atom stereocenters. The minimum atomic E-state index is 0.467. The third-order valence-electron chi connectivity index (χ3n) is 4.05. The predicted molar refractivity (Wildman–Crippen MR) is 89.1 cm³/mol. The molecule has 1 heterocycles. The van der Waals surface area contributed by atoms with Crippen molar-refractivity contribution in [3.8, 4) is 11.5 Å². The highest BCUT2D eigenvalue weighted by atomic mass is 35.5. The summed E-state index contributed by atoms with van der Waals surface area (Å²) >= 11 is 6.16. The van der Waals surface area contributed by atoms with Crippen molar-refractivity contribution in [3.63, 3.8) is 0 Å². The molecular formula is C17H26ClNO3. The maximum Gasteiger partial charge on any atom is 0.165 e. The number of nitrogens with zero attached hydrogens (tertiary/aromatic N) is 1. The van der Waals surface area contributed by atoms with E-state index >= 15 is 0 Å². The Hall–Kier alpha value is -0.970. The van der Waals surface area contributed by atoms with E-state index in [0.29, 0.717) is 16.9 Å². The first-order chi connectivity index (χ1) is 10.6. The fourth-order valence-electron chi connectivity index (χ4n) is 2.95. The zero-order valence-electron chi connectivity index (χ0n) is 13.7. The number of hydrogen-bond donors (Lipinski definition) is 0. The highest BCUT2D eigenvalue weighted by Crippen LogP contribution is 2.35. The molecule has 0 amide bonds. The Bertz CT molecular complexity index is 475. The van der Waals surface area contributed by atoms with Crippen molar-refractivity contribution in [1.29, 1.82) is 0 Å². The lowest BCUT2D eigenvalue weighted by Crippen LogP contribution is -2.21. The molecule has 1 saturated heterocycles. The van der Waals surface area contributed by atoms with E-state index in [4.69, 9.17) is 25.8 Å². The molecular weight excluding hydrogens is 302 g/mol. The van der Waals surface area contributed by atoms with Crippen LogP contribution in [-0.4, -0.2) is 45.4 Å².